The van der Waals surface area contributed by atoms with E-state index in [4.69, 9.17) is 0 Å². The zero-order valence-electron chi connectivity index (χ0n) is 16.7. The number of rotatable bonds is 8. The van der Waals surface area contributed by atoms with E-state index in [1.54, 1.807) is 11.3 Å². The molecule has 4 heteroatoms. The number of nitrogens with one attached hydrogen (secondary N) is 1. The molecule has 3 nitrogen and oxygen atoms in total. The van der Waals surface area contributed by atoms with Crippen LogP contribution in [0.5, 0.6) is 0 Å². The van der Waals surface area contributed by atoms with Crippen molar-refractivity contribution in [1.82, 2.24) is 10.3 Å². The number of hydrogen-bond donors (Lipinski definition) is 1. The third kappa shape index (κ3) is 4.49. The minimum atomic E-state index is 0.182. The number of Topliss-reactive ketones (excluding diaryl/α,β-unsaturated/α-hetero) is 1. The second-order valence-electron chi connectivity index (χ2n) is 8.48. The molecule has 2 aliphatic carbocycles. The number of hydrogen-bond acceptors (Lipinski definition) is 4. The minimum absolute atomic E-state index is 0.182. The summed E-state index contributed by atoms with van der Waals surface area (Å²) in [7, 11) is 0. The average molecular weight is 403 g/mol. The number of benzene rings is 2. The number of carbonyl (C=O) groups excluding carboxylic acids is 1. The molecule has 2 unspecified atom stereocenters. The van der Waals surface area contributed by atoms with Gasteiger partial charge in [0.1, 0.15) is 0 Å². The molecule has 1 heterocycles. The number of carbonyl (C=O) groups is 1. The summed E-state index contributed by atoms with van der Waals surface area (Å²) in [5.41, 5.74) is 5.23. The first-order chi connectivity index (χ1) is 14.2. The lowest BCUT2D eigenvalue weighted by molar-refractivity contribution is 0.0993. The molecule has 0 aliphatic heterocycles. The Morgan fingerprint density at radius 1 is 1.17 bits per heavy atom. The topological polar surface area (TPSA) is 42.0 Å². The Kier molecular flexibility index (Phi) is 5.06. The fourth-order valence-corrected chi connectivity index (χ4v) is 4.62. The Morgan fingerprint density at radius 3 is 2.83 bits per heavy atom. The van der Waals surface area contributed by atoms with E-state index in [1.807, 2.05) is 31.2 Å². The number of thiazole rings is 1. The number of ketones is 1. The van der Waals surface area contributed by atoms with E-state index in [1.165, 1.54) is 24.8 Å². The first kappa shape index (κ1) is 18.7. The molecule has 0 spiro atoms. The lowest BCUT2D eigenvalue weighted by Gasteiger charge is -2.07. The normalized spacial score (nSPS) is 20.6. The molecular weight excluding hydrogens is 376 g/mol. The predicted octanol–water partition coefficient (Wildman–Crippen LogP) is 5.40. The molecule has 2 saturated carbocycles. The van der Waals surface area contributed by atoms with Crippen LogP contribution < -0.4 is 5.32 Å². The van der Waals surface area contributed by atoms with Gasteiger partial charge in [0.15, 0.2) is 5.78 Å². The maximum absolute atomic E-state index is 12.9. The molecule has 148 valence electrons. The number of aromatic nitrogens is 1. The lowest BCUT2D eigenvalue weighted by atomic mass is 9.98. The molecule has 0 radical (unpaired) electrons. The summed E-state index contributed by atoms with van der Waals surface area (Å²) < 4.78 is 0. The maximum Gasteiger partial charge on any atom is 0.167 e. The molecule has 2 atom stereocenters. The molecule has 1 aromatic heterocycles. The molecular formula is C25H26N2OS. The summed E-state index contributed by atoms with van der Waals surface area (Å²) >= 11 is 1.65. The van der Waals surface area contributed by atoms with Gasteiger partial charge in [0.05, 0.1) is 10.7 Å². The monoisotopic (exact) mass is 402 g/mol. The van der Waals surface area contributed by atoms with Crippen LogP contribution in [0.1, 0.15) is 51.7 Å². The van der Waals surface area contributed by atoms with E-state index in [2.05, 4.69) is 39.9 Å². The van der Waals surface area contributed by atoms with Gasteiger partial charge >= 0.3 is 0 Å². The molecule has 3 aromatic rings. The highest BCUT2D eigenvalue weighted by Gasteiger charge is 2.39. The van der Waals surface area contributed by atoms with Gasteiger partial charge in [0, 0.05) is 34.9 Å². The molecule has 5 rings (SSSR count). The third-order valence-electron chi connectivity index (χ3n) is 6.00. The van der Waals surface area contributed by atoms with Crippen LogP contribution in [0, 0.1) is 12.8 Å². The van der Waals surface area contributed by atoms with Gasteiger partial charge < -0.3 is 5.32 Å². The van der Waals surface area contributed by atoms with Crippen molar-refractivity contribution in [1.29, 1.82) is 0 Å². The minimum Gasteiger partial charge on any atom is -0.313 e. The fraction of sp³-hybridized carbons (Fsp3) is 0.360. The second-order valence-corrected chi connectivity index (χ2v) is 9.54. The number of nitrogens with zero attached hydrogens (tertiary/aromatic N) is 1. The van der Waals surface area contributed by atoms with Gasteiger partial charge in [0.25, 0.3) is 0 Å². The fourth-order valence-electron chi connectivity index (χ4n) is 4.00. The van der Waals surface area contributed by atoms with Gasteiger partial charge in [-0.2, -0.15) is 0 Å². The van der Waals surface area contributed by atoms with Gasteiger partial charge in [-0.15, -0.1) is 11.3 Å². The van der Waals surface area contributed by atoms with Crippen LogP contribution in [0.2, 0.25) is 0 Å². The summed E-state index contributed by atoms with van der Waals surface area (Å²) in [6.45, 7) is 3.18. The van der Waals surface area contributed by atoms with Crippen LogP contribution in [0.25, 0.3) is 11.3 Å². The molecule has 2 aliphatic rings. The van der Waals surface area contributed by atoms with E-state index in [0.29, 0.717) is 18.4 Å². The first-order valence-electron chi connectivity index (χ1n) is 10.5. The summed E-state index contributed by atoms with van der Waals surface area (Å²) in [6.07, 6.45) is 4.39. The van der Waals surface area contributed by atoms with Crippen molar-refractivity contribution >= 4 is 17.1 Å². The zero-order valence-corrected chi connectivity index (χ0v) is 17.5. The molecule has 2 fully saturated rings. The van der Waals surface area contributed by atoms with Crippen molar-refractivity contribution in [3.63, 3.8) is 0 Å². The van der Waals surface area contributed by atoms with Gasteiger partial charge in [-0.3, -0.25) is 4.79 Å². The van der Waals surface area contributed by atoms with E-state index < -0.39 is 0 Å². The maximum atomic E-state index is 12.9. The molecule has 2 aromatic carbocycles. The zero-order chi connectivity index (χ0) is 19.8. The molecule has 0 saturated heterocycles. The smallest absolute Gasteiger partial charge is 0.167 e. The van der Waals surface area contributed by atoms with Crippen molar-refractivity contribution in [2.24, 2.45) is 5.92 Å². The van der Waals surface area contributed by atoms with Gasteiger partial charge in [0.2, 0.25) is 0 Å². The Balaban J connectivity index is 1.25. The van der Waals surface area contributed by atoms with Crippen LogP contribution in [0.15, 0.2) is 53.9 Å². The van der Waals surface area contributed by atoms with E-state index in [0.717, 1.165) is 39.9 Å². The van der Waals surface area contributed by atoms with E-state index in [-0.39, 0.29) is 5.78 Å². The van der Waals surface area contributed by atoms with Crippen LogP contribution in [-0.4, -0.2) is 23.4 Å². The van der Waals surface area contributed by atoms with Gasteiger partial charge in [-0.05, 0) is 61.9 Å². The Labute approximate surface area is 176 Å². The van der Waals surface area contributed by atoms with Crippen molar-refractivity contribution in [3.05, 3.63) is 75.6 Å². The molecule has 29 heavy (non-hydrogen) atoms. The second kappa shape index (κ2) is 7.85. The lowest BCUT2D eigenvalue weighted by Crippen LogP contribution is -2.20. The molecule has 0 amide bonds. The van der Waals surface area contributed by atoms with Gasteiger partial charge in [-0.1, -0.05) is 36.4 Å². The Morgan fingerprint density at radius 2 is 2.03 bits per heavy atom. The highest BCUT2D eigenvalue weighted by molar-refractivity contribution is 7.09. The standard InChI is InChI=1S/C25H26N2OS/c1-16-27-24(15-29-16)20-6-2-4-18(10-20)11-25(28)21-7-3-5-19(12-21)22-13-23(22)26-14-17-8-9-17/h2-7,10,12,15,17,22-23,26H,8-9,11,13-14H2,1H3. The van der Waals surface area contributed by atoms with E-state index in [9.17, 15) is 4.79 Å². The first-order valence-corrected chi connectivity index (χ1v) is 11.4. The summed E-state index contributed by atoms with van der Waals surface area (Å²) in [5, 5.41) is 6.82. The summed E-state index contributed by atoms with van der Waals surface area (Å²) in [4.78, 5) is 17.5. The van der Waals surface area contributed by atoms with Crippen LogP contribution in [0.4, 0.5) is 0 Å². The number of aryl methyl sites for hydroxylation is 1. The summed E-state index contributed by atoms with van der Waals surface area (Å²) in [5.74, 6) is 1.66. The highest BCUT2D eigenvalue weighted by Crippen LogP contribution is 2.42. The largest absolute Gasteiger partial charge is 0.313 e. The third-order valence-corrected chi connectivity index (χ3v) is 6.77. The predicted molar refractivity (Wildman–Crippen MR) is 119 cm³/mol. The van der Waals surface area contributed by atoms with Crippen molar-refractivity contribution < 1.29 is 4.79 Å². The van der Waals surface area contributed by atoms with Crippen LogP contribution in [0.3, 0.4) is 0 Å². The highest BCUT2D eigenvalue weighted by atomic mass is 32.1. The van der Waals surface area contributed by atoms with Crippen molar-refractivity contribution in [3.8, 4) is 11.3 Å². The van der Waals surface area contributed by atoms with Crippen molar-refractivity contribution in [2.45, 2.75) is 44.6 Å². The SMILES string of the molecule is Cc1nc(-c2cccc(CC(=O)c3cccc(C4CC4NCC4CC4)c3)c2)cs1. The quantitative estimate of drug-likeness (QED) is 0.513. The summed E-state index contributed by atoms with van der Waals surface area (Å²) in [6, 6.07) is 17.1. The van der Waals surface area contributed by atoms with E-state index >= 15 is 0 Å². The molecule has 0 bridgehead atoms. The Hall–Kier alpha value is -2.30. The molecule has 1 N–H and O–H groups in total. The van der Waals surface area contributed by atoms with Crippen molar-refractivity contribution in [2.75, 3.05) is 6.54 Å². The van der Waals surface area contributed by atoms with Gasteiger partial charge in [-0.25, -0.2) is 4.98 Å². The average Bonchev–Trinajstić information content (AvgIpc) is 3.65. The van der Waals surface area contributed by atoms with Crippen LogP contribution in [-0.2, 0) is 6.42 Å². The van der Waals surface area contributed by atoms with Crippen LogP contribution >= 0.6 is 11.3 Å². The Bertz CT molecular complexity index is 1040.